The van der Waals surface area contributed by atoms with E-state index in [1.807, 2.05) is 0 Å². The fourth-order valence-electron chi connectivity index (χ4n) is 2.27. The lowest BCUT2D eigenvalue weighted by Gasteiger charge is -2.07. The van der Waals surface area contributed by atoms with E-state index in [1.165, 1.54) is 7.11 Å². The van der Waals surface area contributed by atoms with Gasteiger partial charge in [0.25, 0.3) is 5.91 Å². The van der Waals surface area contributed by atoms with Crippen LogP contribution in [0.15, 0.2) is 46.9 Å². The van der Waals surface area contributed by atoms with E-state index in [4.69, 9.17) is 18.6 Å². The van der Waals surface area contributed by atoms with Crippen molar-refractivity contribution in [2.24, 2.45) is 0 Å². The second kappa shape index (κ2) is 7.56. The first-order chi connectivity index (χ1) is 12.6. The first kappa shape index (κ1) is 17.3. The molecule has 1 N–H and O–H groups in total. The fraction of sp³-hybridized carbons (Fsp3) is 0.167. The summed E-state index contributed by atoms with van der Waals surface area (Å²) in [7, 11) is 4.65. The summed E-state index contributed by atoms with van der Waals surface area (Å²) < 4.78 is 21.0. The largest absolute Gasteiger partial charge is 0.497 e. The molecule has 0 saturated heterocycles. The predicted octanol–water partition coefficient (Wildman–Crippen LogP) is 3.01. The Hall–Kier alpha value is -3.55. The van der Waals surface area contributed by atoms with Gasteiger partial charge in [-0.3, -0.25) is 10.1 Å². The number of nitrogens with zero attached hydrogens (tertiary/aromatic N) is 2. The first-order valence-corrected chi connectivity index (χ1v) is 7.66. The molecule has 0 bridgehead atoms. The molecule has 8 nitrogen and oxygen atoms in total. The quantitative estimate of drug-likeness (QED) is 0.726. The number of benzene rings is 2. The molecule has 1 amide bonds. The molecule has 0 aliphatic rings. The molecule has 0 aliphatic carbocycles. The van der Waals surface area contributed by atoms with E-state index in [1.54, 1.807) is 56.7 Å². The van der Waals surface area contributed by atoms with Gasteiger partial charge in [-0.1, -0.05) is 5.10 Å². The molecule has 8 heteroatoms. The van der Waals surface area contributed by atoms with Crippen LogP contribution in [0.3, 0.4) is 0 Å². The Morgan fingerprint density at radius 3 is 2.31 bits per heavy atom. The Morgan fingerprint density at radius 1 is 0.923 bits per heavy atom. The van der Waals surface area contributed by atoms with Gasteiger partial charge in [-0.15, -0.1) is 5.10 Å². The van der Waals surface area contributed by atoms with Crippen molar-refractivity contribution in [1.29, 1.82) is 0 Å². The molecule has 1 aromatic heterocycles. The van der Waals surface area contributed by atoms with Gasteiger partial charge in [0, 0.05) is 11.1 Å². The topological polar surface area (TPSA) is 95.7 Å². The fourth-order valence-corrected chi connectivity index (χ4v) is 2.27. The van der Waals surface area contributed by atoms with Crippen LogP contribution in [0.4, 0.5) is 6.01 Å². The van der Waals surface area contributed by atoms with E-state index < -0.39 is 0 Å². The van der Waals surface area contributed by atoms with Gasteiger partial charge in [-0.25, -0.2) is 0 Å². The zero-order valence-electron chi connectivity index (χ0n) is 14.5. The summed E-state index contributed by atoms with van der Waals surface area (Å²) in [6.45, 7) is 0. The predicted molar refractivity (Wildman–Crippen MR) is 93.8 cm³/mol. The van der Waals surface area contributed by atoms with E-state index in [2.05, 4.69) is 15.5 Å². The number of amides is 1. The van der Waals surface area contributed by atoms with Gasteiger partial charge in [0.15, 0.2) is 11.5 Å². The van der Waals surface area contributed by atoms with Crippen molar-refractivity contribution in [1.82, 2.24) is 10.2 Å². The van der Waals surface area contributed by atoms with Gasteiger partial charge >= 0.3 is 6.01 Å². The molecule has 134 valence electrons. The standard InChI is InChI=1S/C18H17N3O5/c1-23-13-7-4-11(5-8-13)16(22)19-18-21-20-17(26-18)12-6-9-14(24-2)15(10-12)25-3/h4-10H,1-3H3,(H,19,21,22). The van der Waals surface area contributed by atoms with Gasteiger partial charge in [0.05, 0.1) is 21.3 Å². The lowest BCUT2D eigenvalue weighted by Crippen LogP contribution is -2.11. The van der Waals surface area contributed by atoms with Gasteiger partial charge in [0.1, 0.15) is 5.75 Å². The number of nitrogens with one attached hydrogen (secondary N) is 1. The van der Waals surface area contributed by atoms with Crippen molar-refractivity contribution in [3.8, 4) is 28.7 Å². The van der Waals surface area contributed by atoms with E-state index in [0.29, 0.717) is 28.4 Å². The second-order valence-electron chi connectivity index (χ2n) is 5.16. The molecule has 0 atom stereocenters. The number of carbonyl (C=O) groups is 1. The number of hydrogen-bond acceptors (Lipinski definition) is 7. The highest BCUT2D eigenvalue weighted by Gasteiger charge is 2.14. The van der Waals surface area contributed by atoms with Crippen LogP contribution in [-0.4, -0.2) is 37.4 Å². The van der Waals surface area contributed by atoms with Gasteiger partial charge in [0.2, 0.25) is 5.89 Å². The Kier molecular flexibility index (Phi) is 5.02. The third-order valence-electron chi connectivity index (χ3n) is 3.63. The van der Waals surface area contributed by atoms with Crippen molar-refractivity contribution in [3.05, 3.63) is 48.0 Å². The molecule has 3 aromatic rings. The summed E-state index contributed by atoms with van der Waals surface area (Å²) in [5.74, 6) is 1.66. The minimum atomic E-state index is -0.366. The minimum absolute atomic E-state index is 0.00407. The third-order valence-corrected chi connectivity index (χ3v) is 3.63. The summed E-state index contributed by atoms with van der Waals surface area (Å²) in [6, 6.07) is 11.9. The molecule has 0 saturated carbocycles. The van der Waals surface area contributed by atoms with E-state index in [9.17, 15) is 4.79 Å². The van der Waals surface area contributed by atoms with Crippen molar-refractivity contribution in [2.45, 2.75) is 0 Å². The SMILES string of the molecule is COc1ccc(C(=O)Nc2nnc(-c3ccc(OC)c(OC)c3)o2)cc1. The smallest absolute Gasteiger partial charge is 0.322 e. The Balaban J connectivity index is 1.76. The van der Waals surface area contributed by atoms with Crippen molar-refractivity contribution >= 4 is 11.9 Å². The highest BCUT2D eigenvalue weighted by Crippen LogP contribution is 2.32. The Bertz CT molecular complexity index is 905. The average molecular weight is 355 g/mol. The minimum Gasteiger partial charge on any atom is -0.497 e. The van der Waals surface area contributed by atoms with Crippen LogP contribution in [0.2, 0.25) is 0 Å². The zero-order chi connectivity index (χ0) is 18.5. The third kappa shape index (κ3) is 3.59. The van der Waals surface area contributed by atoms with Crippen LogP contribution < -0.4 is 19.5 Å². The normalized spacial score (nSPS) is 10.3. The first-order valence-electron chi connectivity index (χ1n) is 7.66. The van der Waals surface area contributed by atoms with Gasteiger partial charge < -0.3 is 18.6 Å². The van der Waals surface area contributed by atoms with Crippen LogP contribution >= 0.6 is 0 Å². The Labute approximate surface area is 149 Å². The van der Waals surface area contributed by atoms with Crippen molar-refractivity contribution in [3.63, 3.8) is 0 Å². The molecular weight excluding hydrogens is 338 g/mol. The molecule has 3 rings (SSSR count). The van der Waals surface area contributed by atoms with Crippen LogP contribution in [0.5, 0.6) is 17.2 Å². The number of anilines is 1. The summed E-state index contributed by atoms with van der Waals surface area (Å²) in [5.41, 5.74) is 1.08. The highest BCUT2D eigenvalue weighted by atomic mass is 16.5. The lowest BCUT2D eigenvalue weighted by atomic mass is 10.2. The Morgan fingerprint density at radius 2 is 1.65 bits per heavy atom. The molecular formula is C18H17N3O5. The highest BCUT2D eigenvalue weighted by molar-refractivity contribution is 6.03. The van der Waals surface area contributed by atoms with Crippen LogP contribution in [0, 0.1) is 0 Å². The maximum Gasteiger partial charge on any atom is 0.322 e. The van der Waals surface area contributed by atoms with Gasteiger partial charge in [-0.2, -0.15) is 0 Å². The molecule has 0 spiro atoms. The molecule has 2 aromatic carbocycles. The van der Waals surface area contributed by atoms with Gasteiger partial charge in [-0.05, 0) is 42.5 Å². The van der Waals surface area contributed by atoms with E-state index >= 15 is 0 Å². The summed E-state index contributed by atoms with van der Waals surface area (Å²) >= 11 is 0. The average Bonchev–Trinajstić information content (AvgIpc) is 3.15. The molecule has 0 unspecified atom stereocenters. The number of rotatable bonds is 6. The summed E-state index contributed by atoms with van der Waals surface area (Å²) in [4.78, 5) is 12.2. The lowest BCUT2D eigenvalue weighted by molar-refractivity contribution is 0.102. The number of carbonyl (C=O) groups excluding carboxylic acids is 1. The molecule has 26 heavy (non-hydrogen) atoms. The second-order valence-corrected chi connectivity index (χ2v) is 5.16. The van der Waals surface area contributed by atoms with Crippen molar-refractivity contribution < 1.29 is 23.4 Å². The van der Waals surface area contributed by atoms with E-state index in [-0.39, 0.29) is 17.8 Å². The summed E-state index contributed by atoms with van der Waals surface area (Å²) in [6.07, 6.45) is 0. The van der Waals surface area contributed by atoms with Crippen LogP contribution in [-0.2, 0) is 0 Å². The molecule has 1 heterocycles. The van der Waals surface area contributed by atoms with Crippen LogP contribution in [0.25, 0.3) is 11.5 Å². The number of methoxy groups -OCH3 is 3. The van der Waals surface area contributed by atoms with E-state index in [0.717, 1.165) is 0 Å². The van der Waals surface area contributed by atoms with Crippen LogP contribution in [0.1, 0.15) is 10.4 Å². The molecule has 0 fully saturated rings. The number of hydrogen-bond donors (Lipinski definition) is 1. The number of aromatic nitrogens is 2. The summed E-state index contributed by atoms with van der Waals surface area (Å²) in [5, 5.41) is 10.3. The maximum absolute atomic E-state index is 12.2. The number of ether oxygens (including phenoxy) is 3. The molecule has 0 aliphatic heterocycles. The zero-order valence-corrected chi connectivity index (χ0v) is 14.5. The molecule has 0 radical (unpaired) electrons. The maximum atomic E-state index is 12.2. The van der Waals surface area contributed by atoms with Crippen molar-refractivity contribution in [2.75, 3.05) is 26.6 Å². The monoisotopic (exact) mass is 355 g/mol.